The van der Waals surface area contributed by atoms with Gasteiger partial charge in [0.15, 0.2) is 0 Å². The second kappa shape index (κ2) is 7.02. The first-order chi connectivity index (χ1) is 12.2. The van der Waals surface area contributed by atoms with E-state index in [0.29, 0.717) is 24.3 Å². The number of hydrogen-bond donors (Lipinski definition) is 1. The molecule has 2 heterocycles. The van der Waals surface area contributed by atoms with Crippen LogP contribution in [-0.4, -0.2) is 36.4 Å². The number of amides is 1. The zero-order chi connectivity index (χ0) is 19.1. The number of hydrogen-bond acceptors (Lipinski definition) is 3. The van der Waals surface area contributed by atoms with Crippen LogP contribution in [-0.2, 0) is 23.1 Å². The topological polar surface area (TPSA) is 71.4 Å². The minimum atomic E-state index is -3.83. The van der Waals surface area contributed by atoms with Crippen LogP contribution in [0.3, 0.4) is 0 Å². The van der Waals surface area contributed by atoms with Crippen molar-refractivity contribution in [1.82, 2.24) is 14.2 Å². The van der Waals surface area contributed by atoms with Gasteiger partial charge in [0.05, 0.1) is 0 Å². The molecule has 0 atom stereocenters. The lowest BCUT2D eigenvalue weighted by Gasteiger charge is -2.31. The summed E-state index contributed by atoms with van der Waals surface area (Å²) in [6.07, 6.45) is 1.46. The molecule has 2 aromatic rings. The van der Waals surface area contributed by atoms with Crippen LogP contribution in [0.2, 0.25) is 5.02 Å². The molecular weight excluding hydrogens is 381 g/mol. The monoisotopic (exact) mass is 399 g/mol. The molecule has 1 aromatic heterocycles. The first-order valence-electron chi connectivity index (χ1n) is 8.14. The highest BCUT2D eigenvalue weighted by Gasteiger charge is 2.29. The van der Waals surface area contributed by atoms with Crippen molar-refractivity contribution >= 4 is 27.5 Å². The highest BCUT2D eigenvalue weighted by Crippen LogP contribution is 2.22. The van der Waals surface area contributed by atoms with Gasteiger partial charge in [-0.3, -0.25) is 4.79 Å². The molecule has 0 saturated carbocycles. The molecule has 0 aliphatic carbocycles. The van der Waals surface area contributed by atoms with Crippen LogP contribution in [0.5, 0.6) is 0 Å². The first-order valence-corrected chi connectivity index (χ1v) is 10.00. The first kappa shape index (κ1) is 18.9. The molecule has 3 rings (SSSR count). The van der Waals surface area contributed by atoms with Gasteiger partial charge >= 0.3 is 0 Å². The van der Waals surface area contributed by atoms with E-state index in [1.807, 2.05) is 13.8 Å². The van der Waals surface area contributed by atoms with Crippen LogP contribution >= 0.6 is 11.6 Å². The minimum absolute atomic E-state index is 0.0182. The smallest absolute Gasteiger partial charge is 0.270 e. The number of rotatable bonds is 5. The Morgan fingerprint density at radius 3 is 2.65 bits per heavy atom. The second-order valence-corrected chi connectivity index (χ2v) is 8.58. The predicted molar refractivity (Wildman–Crippen MR) is 96.0 cm³/mol. The van der Waals surface area contributed by atoms with Crippen molar-refractivity contribution < 1.29 is 17.6 Å². The van der Waals surface area contributed by atoms with E-state index in [4.69, 9.17) is 11.6 Å². The third kappa shape index (κ3) is 3.62. The van der Waals surface area contributed by atoms with Crippen LogP contribution in [0.15, 0.2) is 35.4 Å². The van der Waals surface area contributed by atoms with Crippen LogP contribution in [0.1, 0.15) is 29.9 Å². The van der Waals surface area contributed by atoms with Gasteiger partial charge in [-0.1, -0.05) is 17.7 Å². The van der Waals surface area contributed by atoms with Gasteiger partial charge in [0.2, 0.25) is 10.0 Å². The van der Waals surface area contributed by atoms with Gasteiger partial charge in [-0.2, -0.15) is 0 Å². The molecule has 26 heavy (non-hydrogen) atoms. The summed E-state index contributed by atoms with van der Waals surface area (Å²) in [7, 11) is -3.83. The summed E-state index contributed by atoms with van der Waals surface area (Å²) in [4.78, 5) is 14.2. The van der Waals surface area contributed by atoms with E-state index in [1.165, 1.54) is 24.4 Å². The van der Waals surface area contributed by atoms with Gasteiger partial charge in [0, 0.05) is 36.9 Å². The number of nitrogens with one attached hydrogen (secondary N) is 1. The van der Waals surface area contributed by atoms with E-state index >= 15 is 0 Å². The van der Waals surface area contributed by atoms with Gasteiger partial charge in [-0.05, 0) is 37.6 Å². The molecule has 1 N–H and O–H groups in total. The van der Waals surface area contributed by atoms with Crippen molar-refractivity contribution in [2.75, 3.05) is 6.54 Å². The largest absolute Gasteiger partial charge is 0.340 e. The van der Waals surface area contributed by atoms with E-state index < -0.39 is 15.8 Å². The Morgan fingerprint density at radius 2 is 2.00 bits per heavy atom. The van der Waals surface area contributed by atoms with Gasteiger partial charge < -0.3 is 9.47 Å². The molecule has 1 aliphatic heterocycles. The second-order valence-electron chi connectivity index (χ2n) is 6.41. The van der Waals surface area contributed by atoms with Crippen molar-refractivity contribution in [1.29, 1.82) is 0 Å². The SMILES string of the molecule is CC(C)N1CCn2cc(S(=O)(=O)NCc3ccc(F)cc3Cl)cc2C1=O. The molecular formula is C17H19ClFN3O3S. The molecule has 0 bridgehead atoms. The minimum Gasteiger partial charge on any atom is -0.340 e. The Balaban J connectivity index is 1.81. The number of nitrogens with zero attached hydrogens (tertiary/aromatic N) is 2. The maximum atomic E-state index is 13.1. The molecule has 0 unspecified atom stereocenters. The van der Waals surface area contributed by atoms with Gasteiger partial charge in [-0.15, -0.1) is 0 Å². The Kier molecular flexibility index (Phi) is 5.09. The molecule has 1 aromatic carbocycles. The van der Waals surface area contributed by atoms with E-state index in [1.54, 1.807) is 9.47 Å². The van der Waals surface area contributed by atoms with E-state index in [-0.39, 0.29) is 28.4 Å². The number of sulfonamides is 1. The standard InChI is InChI=1S/C17H19ClFN3O3S/c1-11(2)22-6-5-21-10-14(8-16(21)17(22)23)26(24,25)20-9-12-3-4-13(19)7-15(12)18/h3-4,7-8,10-11,20H,5-6,9H2,1-2H3. The Labute approximate surface area is 156 Å². The predicted octanol–water partition coefficient (Wildman–Crippen LogP) is 2.62. The number of aromatic nitrogens is 1. The molecule has 1 aliphatic rings. The molecule has 6 nitrogen and oxygen atoms in total. The molecule has 0 radical (unpaired) electrons. The summed E-state index contributed by atoms with van der Waals surface area (Å²) < 4.78 is 42.3. The summed E-state index contributed by atoms with van der Waals surface area (Å²) in [6, 6.07) is 5.19. The van der Waals surface area contributed by atoms with Crippen molar-refractivity contribution in [3.8, 4) is 0 Å². The number of carbonyl (C=O) groups is 1. The summed E-state index contributed by atoms with van der Waals surface area (Å²) in [5, 5.41) is 0.145. The van der Waals surface area contributed by atoms with Crippen molar-refractivity contribution in [2.45, 2.75) is 37.9 Å². The fourth-order valence-electron chi connectivity index (χ4n) is 2.87. The average Bonchev–Trinajstić information content (AvgIpc) is 3.00. The number of carbonyl (C=O) groups excluding carboxylic acids is 1. The molecule has 0 spiro atoms. The van der Waals surface area contributed by atoms with E-state index in [2.05, 4.69) is 4.72 Å². The molecule has 140 valence electrons. The van der Waals surface area contributed by atoms with Crippen molar-refractivity contribution in [2.24, 2.45) is 0 Å². The van der Waals surface area contributed by atoms with E-state index in [0.717, 1.165) is 6.07 Å². The van der Waals surface area contributed by atoms with Gasteiger partial charge in [0.25, 0.3) is 5.91 Å². The molecule has 9 heteroatoms. The fourth-order valence-corrected chi connectivity index (χ4v) is 4.15. The Hall–Kier alpha value is -1.90. The summed E-state index contributed by atoms with van der Waals surface area (Å²) >= 11 is 5.92. The van der Waals surface area contributed by atoms with Crippen LogP contribution in [0, 0.1) is 5.82 Å². The average molecular weight is 400 g/mol. The summed E-state index contributed by atoms with van der Waals surface area (Å²) in [5.41, 5.74) is 0.813. The van der Waals surface area contributed by atoms with Crippen molar-refractivity contribution in [3.05, 3.63) is 52.6 Å². The number of fused-ring (bicyclic) bond motifs is 1. The molecule has 1 amide bonds. The quantitative estimate of drug-likeness (QED) is 0.840. The highest BCUT2D eigenvalue weighted by atomic mass is 35.5. The Bertz CT molecular complexity index is 956. The molecule has 0 saturated heterocycles. The zero-order valence-electron chi connectivity index (χ0n) is 14.4. The maximum absolute atomic E-state index is 13.1. The van der Waals surface area contributed by atoms with Crippen LogP contribution in [0.4, 0.5) is 4.39 Å². The summed E-state index contributed by atoms with van der Waals surface area (Å²) in [5.74, 6) is -0.677. The third-order valence-corrected chi connectivity index (χ3v) is 6.05. The fraction of sp³-hybridized carbons (Fsp3) is 0.353. The van der Waals surface area contributed by atoms with Crippen LogP contribution in [0.25, 0.3) is 0 Å². The normalized spacial score (nSPS) is 14.8. The number of halogens is 2. The van der Waals surface area contributed by atoms with Crippen LogP contribution < -0.4 is 4.72 Å². The highest BCUT2D eigenvalue weighted by molar-refractivity contribution is 7.89. The third-order valence-electron chi connectivity index (χ3n) is 4.33. The van der Waals surface area contributed by atoms with E-state index in [9.17, 15) is 17.6 Å². The summed E-state index contributed by atoms with van der Waals surface area (Å²) in [6.45, 7) is 4.84. The van der Waals surface area contributed by atoms with Gasteiger partial charge in [0.1, 0.15) is 16.4 Å². The maximum Gasteiger partial charge on any atom is 0.270 e. The zero-order valence-corrected chi connectivity index (χ0v) is 15.9. The Morgan fingerprint density at radius 1 is 1.27 bits per heavy atom. The lowest BCUT2D eigenvalue weighted by molar-refractivity contribution is 0.0649. The lowest BCUT2D eigenvalue weighted by Crippen LogP contribution is -2.43. The van der Waals surface area contributed by atoms with Crippen molar-refractivity contribution in [3.63, 3.8) is 0 Å². The number of benzene rings is 1. The lowest BCUT2D eigenvalue weighted by atomic mass is 10.2. The van der Waals surface area contributed by atoms with Gasteiger partial charge in [-0.25, -0.2) is 17.5 Å². The molecule has 0 fully saturated rings.